The van der Waals surface area contributed by atoms with Crippen LogP contribution in [0.3, 0.4) is 0 Å². The van der Waals surface area contributed by atoms with Crippen LogP contribution in [0.2, 0.25) is 5.02 Å². The zero-order valence-electron chi connectivity index (χ0n) is 9.47. The molecule has 0 aliphatic rings. The van der Waals surface area contributed by atoms with Crippen molar-refractivity contribution in [2.75, 3.05) is 0 Å². The summed E-state index contributed by atoms with van der Waals surface area (Å²) in [5.74, 6) is 0.402. The maximum absolute atomic E-state index is 12.7. The van der Waals surface area contributed by atoms with E-state index in [1.165, 1.54) is 6.92 Å². The van der Waals surface area contributed by atoms with E-state index in [-0.39, 0.29) is 5.41 Å². The van der Waals surface area contributed by atoms with Crippen LogP contribution in [0, 0.1) is 0 Å². The Hall–Kier alpha value is -0.760. The van der Waals surface area contributed by atoms with Gasteiger partial charge in [0.05, 0.1) is 5.02 Å². The first-order valence-electron chi connectivity index (χ1n) is 4.91. The van der Waals surface area contributed by atoms with Crippen molar-refractivity contribution in [1.29, 1.82) is 0 Å². The van der Waals surface area contributed by atoms with E-state index in [0.717, 1.165) is 5.56 Å². The molecule has 3 heteroatoms. The molecular formula is C12H16ClFO. The number of ether oxygens (including phenoxy) is 1. The second-order valence-corrected chi connectivity index (χ2v) is 4.96. The summed E-state index contributed by atoms with van der Waals surface area (Å²) in [5, 5.41) is 0.438. The molecule has 1 aromatic rings. The van der Waals surface area contributed by atoms with E-state index in [2.05, 4.69) is 20.8 Å². The molecule has 0 bridgehead atoms. The van der Waals surface area contributed by atoms with Gasteiger partial charge in [0.1, 0.15) is 5.75 Å². The van der Waals surface area contributed by atoms with Gasteiger partial charge in [-0.25, -0.2) is 4.39 Å². The lowest BCUT2D eigenvalue weighted by Crippen LogP contribution is -2.12. The minimum Gasteiger partial charge on any atom is -0.459 e. The third-order valence-electron chi connectivity index (χ3n) is 2.09. The van der Waals surface area contributed by atoms with Gasteiger partial charge < -0.3 is 4.74 Å². The number of hydrogen-bond acceptors (Lipinski definition) is 1. The Bertz CT molecular complexity index is 342. The van der Waals surface area contributed by atoms with Crippen molar-refractivity contribution in [2.24, 2.45) is 0 Å². The molecule has 1 aromatic carbocycles. The molecule has 0 aromatic heterocycles. The number of rotatable bonds is 2. The molecule has 0 fully saturated rings. The zero-order valence-corrected chi connectivity index (χ0v) is 10.2. The smallest absolute Gasteiger partial charge is 0.235 e. The Morgan fingerprint density at radius 3 is 2.40 bits per heavy atom. The molecule has 0 heterocycles. The van der Waals surface area contributed by atoms with Crippen LogP contribution in [0.1, 0.15) is 33.3 Å². The Morgan fingerprint density at radius 2 is 1.93 bits per heavy atom. The lowest BCUT2D eigenvalue weighted by atomic mass is 9.87. The van der Waals surface area contributed by atoms with Crippen LogP contribution in [0.15, 0.2) is 18.2 Å². The molecule has 0 amide bonds. The van der Waals surface area contributed by atoms with Crippen LogP contribution in [-0.4, -0.2) is 6.36 Å². The van der Waals surface area contributed by atoms with E-state index in [0.29, 0.717) is 10.8 Å². The van der Waals surface area contributed by atoms with E-state index in [4.69, 9.17) is 16.3 Å². The lowest BCUT2D eigenvalue weighted by molar-refractivity contribution is 0.0860. The predicted molar refractivity (Wildman–Crippen MR) is 61.4 cm³/mol. The third-order valence-corrected chi connectivity index (χ3v) is 2.40. The van der Waals surface area contributed by atoms with Gasteiger partial charge in [0, 0.05) is 6.92 Å². The van der Waals surface area contributed by atoms with Gasteiger partial charge in [-0.05, 0) is 23.1 Å². The number of alkyl halides is 1. The van der Waals surface area contributed by atoms with E-state index < -0.39 is 6.36 Å². The number of hydrogen-bond donors (Lipinski definition) is 0. The van der Waals surface area contributed by atoms with Crippen molar-refractivity contribution >= 4 is 11.6 Å². The summed E-state index contributed by atoms with van der Waals surface area (Å²) >= 11 is 5.90. The number of halogens is 2. The fraction of sp³-hybridized carbons (Fsp3) is 0.500. The highest BCUT2D eigenvalue weighted by molar-refractivity contribution is 6.32. The maximum atomic E-state index is 12.7. The Labute approximate surface area is 95.2 Å². The lowest BCUT2D eigenvalue weighted by Gasteiger charge is -2.20. The summed E-state index contributed by atoms with van der Waals surface area (Å²) in [5.41, 5.74) is 1.07. The highest BCUT2D eigenvalue weighted by Gasteiger charge is 2.16. The molecule has 0 aliphatic carbocycles. The van der Waals surface area contributed by atoms with Crippen molar-refractivity contribution in [1.82, 2.24) is 0 Å². The van der Waals surface area contributed by atoms with E-state index >= 15 is 0 Å². The van der Waals surface area contributed by atoms with Crippen molar-refractivity contribution in [3.63, 3.8) is 0 Å². The van der Waals surface area contributed by atoms with E-state index in [1.54, 1.807) is 12.1 Å². The first kappa shape index (κ1) is 12.3. The maximum Gasteiger partial charge on any atom is 0.235 e. The molecule has 1 unspecified atom stereocenters. The molecule has 15 heavy (non-hydrogen) atoms. The monoisotopic (exact) mass is 230 g/mol. The first-order valence-corrected chi connectivity index (χ1v) is 5.29. The van der Waals surface area contributed by atoms with Crippen molar-refractivity contribution in [2.45, 2.75) is 39.5 Å². The summed E-state index contributed by atoms with van der Waals surface area (Å²) in [6.07, 6.45) is -1.35. The normalized spacial score (nSPS) is 13.7. The van der Waals surface area contributed by atoms with E-state index in [9.17, 15) is 4.39 Å². The summed E-state index contributed by atoms with van der Waals surface area (Å²) in [6, 6.07) is 5.45. The van der Waals surface area contributed by atoms with Gasteiger partial charge in [-0.3, -0.25) is 0 Å². The average Bonchev–Trinajstić information content (AvgIpc) is 2.06. The standard InChI is InChI=1S/C12H16ClFO/c1-8(14)15-11-7-9(12(2,3)4)5-6-10(11)13/h5-8H,1-4H3. The fourth-order valence-corrected chi connectivity index (χ4v) is 1.40. The van der Waals surface area contributed by atoms with Crippen LogP contribution in [0.4, 0.5) is 4.39 Å². The van der Waals surface area contributed by atoms with Gasteiger partial charge in [0.2, 0.25) is 6.36 Å². The minimum atomic E-state index is -1.35. The summed E-state index contributed by atoms with van der Waals surface area (Å²) in [7, 11) is 0. The van der Waals surface area contributed by atoms with E-state index in [1.807, 2.05) is 6.07 Å². The molecular weight excluding hydrogens is 215 g/mol. The van der Waals surface area contributed by atoms with Gasteiger partial charge >= 0.3 is 0 Å². The zero-order chi connectivity index (χ0) is 11.6. The average molecular weight is 231 g/mol. The fourth-order valence-electron chi connectivity index (χ4n) is 1.24. The second-order valence-electron chi connectivity index (χ2n) is 4.56. The molecule has 1 nitrogen and oxygen atoms in total. The van der Waals surface area contributed by atoms with Gasteiger partial charge in [0.15, 0.2) is 0 Å². The van der Waals surface area contributed by atoms with Crippen molar-refractivity contribution in [3.05, 3.63) is 28.8 Å². The molecule has 0 N–H and O–H groups in total. The summed E-state index contributed by atoms with van der Waals surface area (Å²) < 4.78 is 17.7. The molecule has 1 rings (SSSR count). The Morgan fingerprint density at radius 1 is 1.33 bits per heavy atom. The highest BCUT2D eigenvalue weighted by atomic mass is 35.5. The molecule has 0 radical (unpaired) electrons. The van der Waals surface area contributed by atoms with Gasteiger partial charge in [-0.15, -0.1) is 0 Å². The third kappa shape index (κ3) is 3.38. The van der Waals surface area contributed by atoms with Crippen molar-refractivity contribution < 1.29 is 9.13 Å². The second kappa shape index (κ2) is 4.40. The molecule has 0 spiro atoms. The Balaban J connectivity index is 3.06. The van der Waals surface area contributed by atoms with Gasteiger partial charge in [0.25, 0.3) is 0 Å². The van der Waals surface area contributed by atoms with Gasteiger partial charge in [-0.1, -0.05) is 38.4 Å². The molecule has 0 aliphatic heterocycles. The van der Waals surface area contributed by atoms with Gasteiger partial charge in [-0.2, -0.15) is 0 Å². The highest BCUT2D eigenvalue weighted by Crippen LogP contribution is 2.31. The predicted octanol–water partition coefficient (Wildman–Crippen LogP) is 4.33. The quantitative estimate of drug-likeness (QED) is 0.735. The van der Waals surface area contributed by atoms with Crippen molar-refractivity contribution in [3.8, 4) is 5.75 Å². The molecule has 1 atom stereocenters. The van der Waals surface area contributed by atoms with Crippen LogP contribution in [0.25, 0.3) is 0 Å². The van der Waals surface area contributed by atoms with Crippen LogP contribution < -0.4 is 4.74 Å². The summed E-state index contributed by atoms with van der Waals surface area (Å²) in [6.45, 7) is 7.58. The summed E-state index contributed by atoms with van der Waals surface area (Å²) in [4.78, 5) is 0. The van der Waals surface area contributed by atoms with Crippen LogP contribution in [-0.2, 0) is 5.41 Å². The van der Waals surface area contributed by atoms with Crippen LogP contribution >= 0.6 is 11.6 Å². The first-order chi connectivity index (χ1) is 6.80. The molecule has 0 saturated carbocycles. The topological polar surface area (TPSA) is 9.23 Å². The SMILES string of the molecule is CC(F)Oc1cc(C(C)(C)C)ccc1Cl. The molecule has 84 valence electrons. The number of benzene rings is 1. The van der Waals surface area contributed by atoms with Crippen LogP contribution in [0.5, 0.6) is 5.75 Å². The molecule has 0 saturated heterocycles. The Kier molecular flexibility index (Phi) is 3.61. The largest absolute Gasteiger partial charge is 0.459 e. The minimum absolute atomic E-state index is 0.00223.